The average Bonchev–Trinajstić information content (AvgIpc) is 2.58. The summed E-state index contributed by atoms with van der Waals surface area (Å²) < 4.78 is 13.3. The topological polar surface area (TPSA) is 74.9 Å². The third-order valence-electron chi connectivity index (χ3n) is 2.16. The zero-order valence-corrected chi connectivity index (χ0v) is 8.08. The van der Waals surface area contributed by atoms with Crippen molar-refractivity contribution in [2.75, 3.05) is 5.73 Å². The van der Waals surface area contributed by atoms with E-state index in [0.717, 1.165) is 0 Å². The first-order chi connectivity index (χ1) is 7.08. The van der Waals surface area contributed by atoms with E-state index < -0.39 is 0 Å². The Labute approximate surface area is 85.6 Å². The van der Waals surface area contributed by atoms with Crippen LogP contribution in [-0.2, 0) is 0 Å². The van der Waals surface area contributed by atoms with E-state index in [9.17, 15) is 9.50 Å². The lowest BCUT2D eigenvalue weighted by atomic mass is 10.1. The van der Waals surface area contributed by atoms with Gasteiger partial charge in [-0.1, -0.05) is 0 Å². The van der Waals surface area contributed by atoms with Gasteiger partial charge < -0.3 is 10.8 Å². The quantitative estimate of drug-likeness (QED) is 0.667. The van der Waals surface area contributed by atoms with Gasteiger partial charge in [0.15, 0.2) is 0 Å². The third-order valence-corrected chi connectivity index (χ3v) is 2.16. The van der Waals surface area contributed by atoms with Crippen LogP contribution in [-0.4, -0.2) is 15.3 Å². The van der Waals surface area contributed by atoms with Gasteiger partial charge in [-0.25, -0.2) is 4.39 Å². The van der Waals surface area contributed by atoms with Gasteiger partial charge in [-0.3, -0.25) is 5.10 Å². The largest absolute Gasteiger partial charge is 0.507 e. The second-order valence-corrected chi connectivity index (χ2v) is 3.33. The summed E-state index contributed by atoms with van der Waals surface area (Å²) in [7, 11) is 0. The Hall–Kier alpha value is -2.04. The van der Waals surface area contributed by atoms with Crippen molar-refractivity contribution in [3.8, 4) is 17.0 Å². The van der Waals surface area contributed by atoms with Crippen LogP contribution in [0, 0.1) is 12.7 Å². The van der Waals surface area contributed by atoms with Crippen LogP contribution in [0.15, 0.2) is 18.2 Å². The van der Waals surface area contributed by atoms with Crippen molar-refractivity contribution in [3.63, 3.8) is 0 Å². The van der Waals surface area contributed by atoms with Gasteiger partial charge in [0, 0.05) is 11.6 Å². The number of benzene rings is 1. The molecule has 0 amide bonds. The van der Waals surface area contributed by atoms with E-state index in [1.54, 1.807) is 6.92 Å². The maximum Gasteiger partial charge on any atom is 0.145 e. The number of aryl methyl sites for hydroxylation is 1. The molecule has 1 aromatic carbocycles. The van der Waals surface area contributed by atoms with Gasteiger partial charge in [0.25, 0.3) is 0 Å². The van der Waals surface area contributed by atoms with E-state index in [0.29, 0.717) is 22.6 Å². The molecule has 0 bridgehead atoms. The molecule has 0 radical (unpaired) electrons. The second-order valence-electron chi connectivity index (χ2n) is 3.33. The van der Waals surface area contributed by atoms with Crippen LogP contribution < -0.4 is 5.73 Å². The lowest BCUT2D eigenvalue weighted by molar-refractivity contribution is 0.474. The van der Waals surface area contributed by atoms with Crippen LogP contribution in [0.4, 0.5) is 10.2 Å². The first-order valence-corrected chi connectivity index (χ1v) is 4.38. The van der Waals surface area contributed by atoms with Gasteiger partial charge in [-0.15, -0.1) is 0 Å². The van der Waals surface area contributed by atoms with Gasteiger partial charge in [0.2, 0.25) is 0 Å². The van der Waals surface area contributed by atoms with Gasteiger partial charge in [0.05, 0.1) is 5.69 Å². The predicted molar refractivity (Wildman–Crippen MR) is 54.8 cm³/mol. The molecule has 0 spiro atoms. The molecule has 15 heavy (non-hydrogen) atoms. The number of aromatic amines is 1. The van der Waals surface area contributed by atoms with Crippen molar-refractivity contribution in [2.45, 2.75) is 6.92 Å². The molecule has 5 heteroatoms. The number of phenolic OH excluding ortho intramolecular Hbond substituents is 1. The summed E-state index contributed by atoms with van der Waals surface area (Å²) in [5.74, 6) is -0.0843. The summed E-state index contributed by atoms with van der Waals surface area (Å²) in [6.45, 7) is 1.58. The minimum absolute atomic E-state index is 0.00227. The van der Waals surface area contributed by atoms with Gasteiger partial charge in [-0.05, 0) is 24.6 Å². The summed E-state index contributed by atoms with van der Waals surface area (Å²) in [5.41, 5.74) is 6.65. The Morgan fingerprint density at radius 1 is 1.40 bits per heavy atom. The van der Waals surface area contributed by atoms with Crippen LogP contribution in [0.5, 0.6) is 5.75 Å². The molecule has 0 fully saturated rings. The Bertz CT molecular complexity index is 507. The van der Waals surface area contributed by atoms with E-state index >= 15 is 0 Å². The van der Waals surface area contributed by atoms with Crippen LogP contribution in [0.25, 0.3) is 11.3 Å². The minimum Gasteiger partial charge on any atom is -0.507 e. The number of aromatic nitrogens is 2. The molecular weight excluding hydrogens is 197 g/mol. The van der Waals surface area contributed by atoms with Crippen molar-refractivity contribution >= 4 is 5.82 Å². The first kappa shape index (κ1) is 9.51. The molecular formula is C10H10FN3O. The summed E-state index contributed by atoms with van der Waals surface area (Å²) in [5, 5.41) is 15.9. The highest BCUT2D eigenvalue weighted by molar-refractivity contribution is 5.69. The molecule has 4 nitrogen and oxygen atoms in total. The van der Waals surface area contributed by atoms with Gasteiger partial charge >= 0.3 is 0 Å². The number of H-pyrrole nitrogens is 1. The number of hydrogen-bond donors (Lipinski definition) is 3. The molecule has 0 saturated heterocycles. The lowest BCUT2D eigenvalue weighted by Gasteiger charge is -2.04. The second kappa shape index (κ2) is 3.27. The maximum absolute atomic E-state index is 13.3. The molecule has 0 unspecified atom stereocenters. The normalized spacial score (nSPS) is 10.5. The zero-order chi connectivity index (χ0) is 11.0. The molecule has 0 aliphatic heterocycles. The highest BCUT2D eigenvalue weighted by atomic mass is 19.1. The Kier molecular flexibility index (Phi) is 2.07. The Balaban J connectivity index is 2.58. The van der Waals surface area contributed by atoms with Crippen LogP contribution in [0.1, 0.15) is 5.56 Å². The van der Waals surface area contributed by atoms with Crippen molar-refractivity contribution in [2.24, 2.45) is 0 Å². The number of nitrogens with one attached hydrogen (secondary N) is 1. The molecule has 2 aromatic rings. The molecule has 78 valence electrons. The summed E-state index contributed by atoms with van der Waals surface area (Å²) in [6.07, 6.45) is 0. The number of anilines is 1. The van der Waals surface area contributed by atoms with Crippen molar-refractivity contribution in [1.29, 1.82) is 0 Å². The molecule has 4 N–H and O–H groups in total. The van der Waals surface area contributed by atoms with Gasteiger partial charge in [0.1, 0.15) is 17.4 Å². The maximum atomic E-state index is 13.3. The van der Waals surface area contributed by atoms with E-state index in [1.165, 1.54) is 18.2 Å². The number of nitrogens with zero attached hydrogens (tertiary/aromatic N) is 1. The fourth-order valence-corrected chi connectivity index (χ4v) is 1.36. The number of nitrogens with two attached hydrogens (primary N) is 1. The number of nitrogen functional groups attached to an aromatic ring is 1. The van der Waals surface area contributed by atoms with E-state index in [1.807, 2.05) is 0 Å². The molecule has 1 aromatic heterocycles. The third kappa shape index (κ3) is 1.63. The van der Waals surface area contributed by atoms with Crippen molar-refractivity contribution < 1.29 is 9.50 Å². The molecule has 0 saturated carbocycles. The van der Waals surface area contributed by atoms with Crippen LogP contribution in [0.2, 0.25) is 0 Å². The van der Waals surface area contributed by atoms with Gasteiger partial charge in [-0.2, -0.15) is 5.10 Å². The average molecular weight is 207 g/mol. The lowest BCUT2D eigenvalue weighted by Crippen LogP contribution is -1.86. The summed E-state index contributed by atoms with van der Waals surface area (Å²) in [6, 6.07) is 4.14. The number of phenols is 1. The standard InChI is InChI=1S/C10H10FN3O/c1-5-2-9(15)6(3-7(5)11)8-4-10(12)14-13-8/h2-4,15H,1H3,(H3,12,13,14). The number of hydrogen-bond acceptors (Lipinski definition) is 3. The molecule has 0 aliphatic rings. The SMILES string of the molecule is Cc1cc(O)c(-c2cc(N)n[nH]2)cc1F. The number of halogens is 1. The fraction of sp³-hybridized carbons (Fsp3) is 0.100. The molecule has 1 heterocycles. The van der Waals surface area contributed by atoms with Crippen molar-refractivity contribution in [1.82, 2.24) is 10.2 Å². The monoisotopic (exact) mass is 207 g/mol. The van der Waals surface area contributed by atoms with E-state index in [2.05, 4.69) is 10.2 Å². The summed E-state index contributed by atoms with van der Waals surface area (Å²) in [4.78, 5) is 0. The van der Waals surface area contributed by atoms with E-state index in [-0.39, 0.29) is 11.6 Å². The van der Waals surface area contributed by atoms with Crippen LogP contribution >= 0.6 is 0 Å². The Morgan fingerprint density at radius 2 is 2.13 bits per heavy atom. The smallest absolute Gasteiger partial charge is 0.145 e. The van der Waals surface area contributed by atoms with Crippen molar-refractivity contribution in [3.05, 3.63) is 29.6 Å². The minimum atomic E-state index is -0.379. The predicted octanol–water partition coefficient (Wildman–Crippen LogP) is 1.81. The Morgan fingerprint density at radius 3 is 2.73 bits per heavy atom. The number of aromatic hydroxyl groups is 1. The highest BCUT2D eigenvalue weighted by Gasteiger charge is 2.10. The fourth-order valence-electron chi connectivity index (χ4n) is 1.36. The molecule has 0 atom stereocenters. The molecule has 2 rings (SSSR count). The zero-order valence-electron chi connectivity index (χ0n) is 8.08. The van der Waals surface area contributed by atoms with Crippen LogP contribution in [0.3, 0.4) is 0 Å². The number of rotatable bonds is 1. The molecule has 0 aliphatic carbocycles. The summed E-state index contributed by atoms with van der Waals surface area (Å²) >= 11 is 0. The highest BCUT2D eigenvalue weighted by Crippen LogP contribution is 2.30. The van der Waals surface area contributed by atoms with E-state index in [4.69, 9.17) is 5.73 Å². The first-order valence-electron chi connectivity index (χ1n) is 4.38.